The fourth-order valence-corrected chi connectivity index (χ4v) is 7.07. The van der Waals surface area contributed by atoms with Gasteiger partial charge in [-0.2, -0.15) is 13.2 Å². The van der Waals surface area contributed by atoms with Crippen molar-refractivity contribution in [1.82, 2.24) is 10.2 Å². The van der Waals surface area contributed by atoms with Crippen LogP contribution in [0.2, 0.25) is 0 Å². The Labute approximate surface area is 268 Å². The number of anilines is 1. The van der Waals surface area contributed by atoms with Crippen molar-refractivity contribution >= 4 is 21.4 Å². The molecule has 0 spiro atoms. The Bertz CT molecular complexity index is 1560. The number of benzene rings is 3. The normalized spacial score (nSPS) is 20.3. The molecule has 0 radical (unpaired) electrons. The lowest BCUT2D eigenvalue weighted by Gasteiger charge is -2.44. The molecule has 2 fully saturated rings. The second-order valence-electron chi connectivity index (χ2n) is 11.8. The van der Waals surface area contributed by atoms with Crippen LogP contribution in [0.1, 0.15) is 58.8 Å². The number of carbonyl (C=O) groups is 1. The molecular weight excluding hydrogens is 619 g/mol. The van der Waals surface area contributed by atoms with Gasteiger partial charge in [0.2, 0.25) is 0 Å². The van der Waals surface area contributed by atoms with Gasteiger partial charge in [0.25, 0.3) is 5.91 Å². The predicted molar refractivity (Wildman–Crippen MR) is 170 cm³/mol. The van der Waals surface area contributed by atoms with Gasteiger partial charge >= 0.3 is 6.18 Å². The minimum Gasteiger partial charge on any atom is -0.394 e. The van der Waals surface area contributed by atoms with Gasteiger partial charge in [-0.1, -0.05) is 31.2 Å². The first kappa shape index (κ1) is 33.9. The van der Waals surface area contributed by atoms with E-state index < -0.39 is 27.6 Å². The number of halogens is 3. The van der Waals surface area contributed by atoms with Gasteiger partial charge in [-0.15, -0.1) is 0 Å². The molecule has 0 bridgehead atoms. The molecule has 2 heterocycles. The van der Waals surface area contributed by atoms with Crippen LogP contribution in [0.3, 0.4) is 0 Å². The summed E-state index contributed by atoms with van der Waals surface area (Å²) in [6, 6.07) is 18.2. The largest absolute Gasteiger partial charge is 0.416 e. The smallest absolute Gasteiger partial charge is 0.394 e. The molecule has 0 aliphatic carbocycles. The number of alkyl halides is 3. The second kappa shape index (κ2) is 14.5. The van der Waals surface area contributed by atoms with Crippen LogP contribution in [-0.4, -0.2) is 82.1 Å². The summed E-state index contributed by atoms with van der Waals surface area (Å²) in [7, 11) is -3.37. The van der Waals surface area contributed by atoms with Crippen molar-refractivity contribution in [3.05, 3.63) is 95.1 Å². The molecule has 0 unspecified atom stereocenters. The molecular formula is C34H40F3N3O5S. The monoisotopic (exact) mass is 659 g/mol. The summed E-state index contributed by atoms with van der Waals surface area (Å²) < 4.78 is 69.3. The van der Waals surface area contributed by atoms with Gasteiger partial charge in [-0.05, 0) is 72.5 Å². The lowest BCUT2D eigenvalue weighted by molar-refractivity contribution is -0.137. The van der Waals surface area contributed by atoms with E-state index in [0.29, 0.717) is 30.9 Å². The van der Waals surface area contributed by atoms with E-state index in [2.05, 4.69) is 15.1 Å². The molecule has 2 aliphatic rings. The van der Waals surface area contributed by atoms with E-state index in [4.69, 9.17) is 4.74 Å². The third-order valence-electron chi connectivity index (χ3n) is 8.96. The lowest BCUT2D eigenvalue weighted by atomic mass is 9.86. The van der Waals surface area contributed by atoms with Gasteiger partial charge in [-0.3, -0.25) is 9.69 Å². The zero-order valence-electron chi connectivity index (χ0n) is 25.7. The van der Waals surface area contributed by atoms with Gasteiger partial charge in [0.1, 0.15) is 0 Å². The van der Waals surface area contributed by atoms with E-state index in [9.17, 15) is 31.5 Å². The number of aliphatic hydroxyl groups excluding tert-OH is 1. The Hall–Kier alpha value is -3.45. The van der Waals surface area contributed by atoms with Crippen molar-refractivity contribution in [1.29, 1.82) is 0 Å². The number of aliphatic hydroxyl groups is 1. The quantitative estimate of drug-likeness (QED) is 0.315. The van der Waals surface area contributed by atoms with Crippen molar-refractivity contribution in [2.24, 2.45) is 0 Å². The summed E-state index contributed by atoms with van der Waals surface area (Å²) in [4.78, 5) is 18.0. The average Bonchev–Trinajstić information content (AvgIpc) is 3.07. The summed E-state index contributed by atoms with van der Waals surface area (Å²) >= 11 is 0. The number of ether oxygens (including phenoxy) is 1. The molecule has 5 rings (SSSR count). The molecule has 3 atom stereocenters. The van der Waals surface area contributed by atoms with Crippen LogP contribution in [0, 0.1) is 0 Å². The second-order valence-corrected chi connectivity index (χ2v) is 14.1. The van der Waals surface area contributed by atoms with Crippen molar-refractivity contribution in [3.63, 3.8) is 0 Å². The number of nitrogens with zero attached hydrogens (tertiary/aromatic N) is 2. The van der Waals surface area contributed by atoms with Crippen molar-refractivity contribution < 1.29 is 36.2 Å². The highest BCUT2D eigenvalue weighted by Crippen LogP contribution is 2.36. The van der Waals surface area contributed by atoms with Gasteiger partial charge in [0, 0.05) is 49.4 Å². The molecule has 8 nitrogen and oxygen atoms in total. The fourth-order valence-electron chi connectivity index (χ4n) is 6.19. The lowest BCUT2D eigenvalue weighted by Crippen LogP contribution is -2.51. The Morgan fingerprint density at radius 1 is 0.978 bits per heavy atom. The Morgan fingerprint density at radius 2 is 1.63 bits per heavy atom. The highest BCUT2D eigenvalue weighted by molar-refractivity contribution is 7.91. The minimum absolute atomic E-state index is 0.0242. The zero-order chi connectivity index (χ0) is 32.9. The van der Waals surface area contributed by atoms with Crippen LogP contribution in [0.25, 0.3) is 0 Å². The summed E-state index contributed by atoms with van der Waals surface area (Å²) in [5.41, 5.74) is 2.10. The number of rotatable bonds is 10. The first-order valence-corrected chi connectivity index (χ1v) is 17.2. The van der Waals surface area contributed by atoms with Gasteiger partial charge in [-0.25, -0.2) is 8.42 Å². The third-order valence-corrected chi connectivity index (χ3v) is 10.7. The fraction of sp³-hybridized carbons (Fsp3) is 0.441. The number of amides is 1. The minimum atomic E-state index is -4.38. The first-order chi connectivity index (χ1) is 22.0. The summed E-state index contributed by atoms with van der Waals surface area (Å²) in [6.45, 7) is 5.71. The predicted octanol–water partition coefficient (Wildman–Crippen LogP) is 5.05. The molecule has 0 aromatic heterocycles. The van der Waals surface area contributed by atoms with Crippen molar-refractivity contribution in [2.45, 2.75) is 48.8 Å². The third kappa shape index (κ3) is 8.09. The number of nitrogens with one attached hydrogen (secondary N) is 1. The molecule has 0 saturated carbocycles. The Morgan fingerprint density at radius 3 is 2.22 bits per heavy atom. The van der Waals surface area contributed by atoms with Crippen molar-refractivity contribution in [3.8, 4) is 0 Å². The maximum absolute atomic E-state index is 13.2. The summed E-state index contributed by atoms with van der Waals surface area (Å²) in [6.07, 6.45) is -2.67. The highest BCUT2D eigenvalue weighted by atomic mass is 32.2. The van der Waals surface area contributed by atoms with Crippen LogP contribution in [0.4, 0.5) is 18.9 Å². The number of sulfone groups is 1. The molecule has 3 aromatic carbocycles. The number of hydrogen-bond acceptors (Lipinski definition) is 7. The molecule has 46 heavy (non-hydrogen) atoms. The number of carbonyl (C=O) groups excluding carboxylic acids is 1. The van der Waals surface area contributed by atoms with Crippen molar-refractivity contribution in [2.75, 3.05) is 56.7 Å². The molecule has 2 aliphatic heterocycles. The van der Waals surface area contributed by atoms with Crippen LogP contribution < -0.4 is 10.2 Å². The van der Waals surface area contributed by atoms with E-state index in [1.165, 1.54) is 12.1 Å². The topological polar surface area (TPSA) is 99.2 Å². The van der Waals surface area contributed by atoms with Crippen LogP contribution in [0.15, 0.2) is 77.7 Å². The van der Waals surface area contributed by atoms with E-state index in [0.717, 1.165) is 55.9 Å². The van der Waals surface area contributed by atoms with Gasteiger partial charge in [0.15, 0.2) is 9.84 Å². The molecule has 2 saturated heterocycles. The summed E-state index contributed by atoms with van der Waals surface area (Å²) in [5, 5.41) is 12.8. The molecule has 3 aromatic rings. The van der Waals surface area contributed by atoms with Crippen LogP contribution >= 0.6 is 0 Å². The number of piperidine rings is 1. The van der Waals surface area contributed by atoms with Crippen LogP contribution in [0.5, 0.6) is 0 Å². The Balaban J connectivity index is 1.31. The average molecular weight is 660 g/mol. The molecule has 12 heteroatoms. The first-order valence-electron chi connectivity index (χ1n) is 15.6. The number of morpholine rings is 1. The van der Waals surface area contributed by atoms with Gasteiger partial charge < -0.3 is 20.1 Å². The van der Waals surface area contributed by atoms with E-state index >= 15 is 0 Å². The maximum Gasteiger partial charge on any atom is 0.416 e. The van der Waals surface area contributed by atoms with E-state index in [-0.39, 0.29) is 35.1 Å². The van der Waals surface area contributed by atoms with E-state index in [1.54, 1.807) is 43.3 Å². The molecule has 248 valence electrons. The highest BCUT2D eigenvalue weighted by Gasteiger charge is 2.33. The van der Waals surface area contributed by atoms with Gasteiger partial charge in [0.05, 0.1) is 42.1 Å². The standard InChI is InChI=1S/C34H40F3N3O5S/c1-2-46(43,44)31-15-8-25(9-16-31)32(23-41)38-33(42)26-5-12-29(13-6-26)40-21-27(24-3-10-28(11-4-24)34(35,36)37)7-14-30(40)22-39-17-19-45-20-18-39/h3-6,8-13,15-16,27,30,32,41H,2,7,14,17-23H2,1H3,(H,38,42)/t27-,30-,32-/m0/s1. The summed E-state index contributed by atoms with van der Waals surface area (Å²) in [5.74, 6) is -0.360. The maximum atomic E-state index is 13.2. The van der Waals surface area contributed by atoms with E-state index in [1.807, 2.05) is 12.1 Å². The SMILES string of the molecule is CCS(=O)(=O)c1ccc([C@H](CO)NC(=O)c2ccc(N3C[C@@H](c4ccc(C(F)(F)F)cc4)CC[C@H]3CN3CCOCC3)cc2)cc1. The molecule has 2 N–H and O–H groups in total. The molecule has 1 amide bonds. The Kier molecular flexibility index (Phi) is 10.7. The zero-order valence-corrected chi connectivity index (χ0v) is 26.6. The van der Waals surface area contributed by atoms with Crippen LogP contribution in [-0.2, 0) is 20.8 Å². The number of hydrogen-bond donors (Lipinski definition) is 2.